The Labute approximate surface area is 153 Å². The Balaban J connectivity index is 1.86. The van der Waals surface area contributed by atoms with Crippen LogP contribution in [0, 0.1) is 5.82 Å². The summed E-state index contributed by atoms with van der Waals surface area (Å²) in [5.41, 5.74) is 2.96. The van der Waals surface area contributed by atoms with Crippen LogP contribution in [0.5, 0.6) is 0 Å². The molecule has 4 rings (SSSR count). The number of para-hydroxylation sites is 2. The summed E-state index contributed by atoms with van der Waals surface area (Å²) in [4.78, 5) is 14.9. The Morgan fingerprint density at radius 1 is 0.960 bits per heavy atom. The molecule has 0 aliphatic carbocycles. The van der Waals surface area contributed by atoms with E-state index in [-0.39, 0.29) is 11.7 Å². The SMILES string of the molecule is O=C1C(c2cccc(F)c2)Nc2ccccc2N1c1cccc(Br)c1. The third-order valence-electron chi connectivity index (χ3n) is 4.16. The number of rotatable bonds is 2. The van der Waals surface area contributed by atoms with Crippen LogP contribution in [0.2, 0.25) is 0 Å². The van der Waals surface area contributed by atoms with Gasteiger partial charge in [-0.1, -0.05) is 46.3 Å². The Morgan fingerprint density at radius 2 is 1.76 bits per heavy atom. The second-order valence-corrected chi connectivity index (χ2v) is 6.72. The number of fused-ring (bicyclic) bond motifs is 1. The van der Waals surface area contributed by atoms with E-state index >= 15 is 0 Å². The molecule has 1 N–H and O–H groups in total. The highest BCUT2D eigenvalue weighted by atomic mass is 79.9. The summed E-state index contributed by atoms with van der Waals surface area (Å²) in [5, 5.41) is 3.24. The van der Waals surface area contributed by atoms with Gasteiger partial charge in [0.15, 0.2) is 0 Å². The molecule has 25 heavy (non-hydrogen) atoms. The first kappa shape index (κ1) is 15.8. The first-order chi connectivity index (χ1) is 12.1. The molecule has 3 nitrogen and oxygen atoms in total. The summed E-state index contributed by atoms with van der Waals surface area (Å²) in [6.07, 6.45) is 0. The lowest BCUT2D eigenvalue weighted by Gasteiger charge is -2.35. The van der Waals surface area contributed by atoms with E-state index in [0.29, 0.717) is 5.56 Å². The number of halogens is 2. The summed E-state index contributed by atoms with van der Waals surface area (Å²) >= 11 is 3.46. The number of hydrogen-bond acceptors (Lipinski definition) is 2. The molecule has 3 aromatic carbocycles. The lowest BCUT2D eigenvalue weighted by Crippen LogP contribution is -2.39. The highest BCUT2D eigenvalue weighted by molar-refractivity contribution is 9.10. The minimum atomic E-state index is -0.649. The fourth-order valence-electron chi connectivity index (χ4n) is 3.05. The number of nitrogens with one attached hydrogen (secondary N) is 1. The van der Waals surface area contributed by atoms with Crippen LogP contribution in [-0.2, 0) is 4.79 Å². The normalized spacial score (nSPS) is 16.3. The number of carbonyl (C=O) groups is 1. The molecule has 1 aliphatic heterocycles. The number of hydrogen-bond donors (Lipinski definition) is 1. The van der Waals surface area contributed by atoms with Gasteiger partial charge in [-0.2, -0.15) is 0 Å². The number of benzene rings is 3. The molecule has 3 aromatic rings. The van der Waals surface area contributed by atoms with E-state index in [1.54, 1.807) is 17.0 Å². The van der Waals surface area contributed by atoms with E-state index in [1.165, 1.54) is 12.1 Å². The first-order valence-electron chi connectivity index (χ1n) is 7.84. The zero-order chi connectivity index (χ0) is 17.4. The van der Waals surface area contributed by atoms with E-state index in [4.69, 9.17) is 0 Å². The van der Waals surface area contributed by atoms with Gasteiger partial charge in [-0.25, -0.2) is 4.39 Å². The van der Waals surface area contributed by atoms with Gasteiger partial charge in [0.05, 0.1) is 17.1 Å². The molecule has 0 fully saturated rings. The Bertz CT molecular complexity index is 960. The molecule has 1 heterocycles. The molecule has 1 aliphatic rings. The van der Waals surface area contributed by atoms with E-state index in [9.17, 15) is 9.18 Å². The molecule has 1 atom stereocenters. The molecule has 5 heteroatoms. The van der Waals surface area contributed by atoms with Crippen LogP contribution < -0.4 is 10.2 Å². The molecule has 1 amide bonds. The largest absolute Gasteiger partial charge is 0.368 e. The Hall–Kier alpha value is -2.66. The smallest absolute Gasteiger partial charge is 0.258 e. The van der Waals surface area contributed by atoms with Crippen molar-refractivity contribution in [3.05, 3.63) is 88.6 Å². The Morgan fingerprint density at radius 3 is 2.56 bits per heavy atom. The maximum absolute atomic E-state index is 13.7. The van der Waals surface area contributed by atoms with Crippen molar-refractivity contribution in [2.45, 2.75) is 6.04 Å². The van der Waals surface area contributed by atoms with Gasteiger partial charge in [-0.05, 0) is 48.0 Å². The second kappa shape index (κ2) is 6.33. The van der Waals surface area contributed by atoms with Gasteiger partial charge in [-0.15, -0.1) is 0 Å². The topological polar surface area (TPSA) is 32.3 Å². The van der Waals surface area contributed by atoms with Crippen LogP contribution >= 0.6 is 15.9 Å². The van der Waals surface area contributed by atoms with Gasteiger partial charge in [0.25, 0.3) is 5.91 Å². The third-order valence-corrected chi connectivity index (χ3v) is 4.65. The van der Waals surface area contributed by atoms with E-state index in [1.807, 2.05) is 48.5 Å². The molecule has 0 spiro atoms. The van der Waals surface area contributed by atoms with Crippen molar-refractivity contribution in [2.75, 3.05) is 10.2 Å². The molecule has 0 saturated heterocycles. The average molecular weight is 397 g/mol. The number of carbonyl (C=O) groups excluding carboxylic acids is 1. The lowest BCUT2D eigenvalue weighted by molar-refractivity contribution is -0.118. The zero-order valence-corrected chi connectivity index (χ0v) is 14.7. The quantitative estimate of drug-likeness (QED) is 0.626. The molecule has 124 valence electrons. The maximum Gasteiger partial charge on any atom is 0.258 e. The third kappa shape index (κ3) is 2.91. The standard InChI is InChI=1S/C20H14BrFN2O/c21-14-6-4-8-16(12-14)24-18-10-2-1-9-17(18)23-19(20(24)25)13-5-3-7-15(22)11-13/h1-12,19,23H. The zero-order valence-electron chi connectivity index (χ0n) is 13.1. The number of nitrogens with zero attached hydrogens (tertiary/aromatic N) is 1. The lowest BCUT2D eigenvalue weighted by atomic mass is 10.0. The fourth-order valence-corrected chi connectivity index (χ4v) is 3.44. The maximum atomic E-state index is 13.7. The van der Waals surface area contributed by atoms with Crippen molar-refractivity contribution in [3.63, 3.8) is 0 Å². The molecule has 0 saturated carbocycles. The predicted octanol–water partition coefficient (Wildman–Crippen LogP) is 5.42. The van der Waals surface area contributed by atoms with Crippen LogP contribution in [0.3, 0.4) is 0 Å². The van der Waals surface area contributed by atoms with Gasteiger partial charge in [0.1, 0.15) is 11.9 Å². The molecular weight excluding hydrogens is 383 g/mol. The van der Waals surface area contributed by atoms with Crippen LogP contribution in [0.1, 0.15) is 11.6 Å². The van der Waals surface area contributed by atoms with Gasteiger partial charge in [0, 0.05) is 4.47 Å². The molecule has 0 aromatic heterocycles. The molecular formula is C20H14BrFN2O. The number of amides is 1. The van der Waals surface area contributed by atoms with Crippen molar-refractivity contribution in [3.8, 4) is 0 Å². The number of anilines is 3. The summed E-state index contributed by atoms with van der Waals surface area (Å²) < 4.78 is 14.5. The van der Waals surface area contributed by atoms with Crippen LogP contribution in [-0.4, -0.2) is 5.91 Å². The predicted molar refractivity (Wildman–Crippen MR) is 100 cm³/mol. The summed E-state index contributed by atoms with van der Waals surface area (Å²) in [6, 6.07) is 20.7. The van der Waals surface area contributed by atoms with Crippen molar-refractivity contribution in [1.82, 2.24) is 0 Å². The highest BCUT2D eigenvalue weighted by Crippen LogP contribution is 2.41. The van der Waals surface area contributed by atoms with Crippen molar-refractivity contribution >= 4 is 38.9 Å². The Kier molecular flexibility index (Phi) is 4.01. The fraction of sp³-hybridized carbons (Fsp3) is 0.0500. The van der Waals surface area contributed by atoms with Gasteiger partial charge in [0.2, 0.25) is 0 Å². The summed E-state index contributed by atoms with van der Waals surface area (Å²) in [6.45, 7) is 0. The minimum absolute atomic E-state index is 0.151. The molecule has 0 radical (unpaired) electrons. The van der Waals surface area contributed by atoms with Crippen molar-refractivity contribution in [2.24, 2.45) is 0 Å². The monoisotopic (exact) mass is 396 g/mol. The van der Waals surface area contributed by atoms with Gasteiger partial charge in [-0.3, -0.25) is 9.69 Å². The molecule has 1 unspecified atom stereocenters. The van der Waals surface area contributed by atoms with Crippen LogP contribution in [0.25, 0.3) is 0 Å². The van der Waals surface area contributed by atoms with E-state index in [0.717, 1.165) is 21.5 Å². The summed E-state index contributed by atoms with van der Waals surface area (Å²) in [5.74, 6) is -0.512. The van der Waals surface area contributed by atoms with Crippen molar-refractivity contribution < 1.29 is 9.18 Å². The average Bonchev–Trinajstić information content (AvgIpc) is 2.61. The van der Waals surface area contributed by atoms with Gasteiger partial charge < -0.3 is 5.32 Å². The highest BCUT2D eigenvalue weighted by Gasteiger charge is 2.34. The molecule has 0 bridgehead atoms. The van der Waals surface area contributed by atoms with Crippen LogP contribution in [0.4, 0.5) is 21.5 Å². The van der Waals surface area contributed by atoms with E-state index < -0.39 is 6.04 Å². The second-order valence-electron chi connectivity index (χ2n) is 5.80. The first-order valence-corrected chi connectivity index (χ1v) is 8.63. The van der Waals surface area contributed by atoms with E-state index in [2.05, 4.69) is 21.2 Å². The van der Waals surface area contributed by atoms with Crippen LogP contribution in [0.15, 0.2) is 77.3 Å². The summed E-state index contributed by atoms with van der Waals surface area (Å²) in [7, 11) is 0. The minimum Gasteiger partial charge on any atom is -0.368 e. The van der Waals surface area contributed by atoms with Crippen molar-refractivity contribution in [1.29, 1.82) is 0 Å². The van der Waals surface area contributed by atoms with Gasteiger partial charge >= 0.3 is 0 Å².